The van der Waals surface area contributed by atoms with Crippen LogP contribution in [0.3, 0.4) is 0 Å². The number of hydrogen-bond acceptors (Lipinski definition) is 4. The summed E-state index contributed by atoms with van der Waals surface area (Å²) >= 11 is 0. The van der Waals surface area contributed by atoms with Crippen LogP contribution in [0, 0.1) is 5.92 Å². The average molecular weight is 471 g/mol. The number of halogens is 1. The average Bonchev–Trinajstić information content (AvgIpc) is 2.87. The molecule has 1 aliphatic carbocycles. The van der Waals surface area contributed by atoms with E-state index in [1.165, 1.54) is 0 Å². The van der Waals surface area contributed by atoms with E-state index in [9.17, 15) is 9.18 Å². The maximum absolute atomic E-state index is 13.8. The highest BCUT2D eigenvalue weighted by Crippen LogP contribution is 2.29. The third-order valence-electron chi connectivity index (χ3n) is 6.44. The van der Waals surface area contributed by atoms with Crippen molar-refractivity contribution in [3.63, 3.8) is 0 Å². The SMILES string of the molecule is CCCCOc1ccc(-c2ccc(OC[C@H]3CC[C@H](OC(=O)[C@@H](F)CCCC)CC3)cc2)cc1. The van der Waals surface area contributed by atoms with Gasteiger partial charge in [0.2, 0.25) is 0 Å². The molecule has 1 saturated carbocycles. The van der Waals surface area contributed by atoms with Gasteiger partial charge >= 0.3 is 5.97 Å². The second-order valence-corrected chi connectivity index (χ2v) is 9.25. The van der Waals surface area contributed by atoms with Crippen molar-refractivity contribution in [1.29, 1.82) is 0 Å². The third kappa shape index (κ3) is 8.34. The summed E-state index contributed by atoms with van der Waals surface area (Å²) in [5.74, 6) is 1.50. The van der Waals surface area contributed by atoms with E-state index in [4.69, 9.17) is 14.2 Å². The second-order valence-electron chi connectivity index (χ2n) is 9.25. The lowest BCUT2D eigenvalue weighted by Crippen LogP contribution is -2.30. The van der Waals surface area contributed by atoms with Gasteiger partial charge in [-0.2, -0.15) is 0 Å². The van der Waals surface area contributed by atoms with Gasteiger partial charge in [0.05, 0.1) is 13.2 Å². The van der Waals surface area contributed by atoms with E-state index in [1.807, 2.05) is 31.2 Å². The number of esters is 1. The van der Waals surface area contributed by atoms with Gasteiger partial charge in [0.1, 0.15) is 17.6 Å². The number of unbranched alkanes of at least 4 members (excludes halogenated alkanes) is 2. The van der Waals surface area contributed by atoms with Crippen LogP contribution in [0.25, 0.3) is 11.1 Å². The van der Waals surface area contributed by atoms with Crippen LogP contribution in [-0.4, -0.2) is 31.5 Å². The maximum Gasteiger partial charge on any atom is 0.340 e. The minimum Gasteiger partial charge on any atom is -0.494 e. The van der Waals surface area contributed by atoms with Crippen LogP contribution in [0.15, 0.2) is 48.5 Å². The van der Waals surface area contributed by atoms with Crippen molar-refractivity contribution in [2.24, 2.45) is 5.92 Å². The Labute approximate surface area is 203 Å². The fraction of sp³-hybridized carbons (Fsp3) is 0.552. The highest BCUT2D eigenvalue weighted by molar-refractivity contribution is 5.74. The van der Waals surface area contributed by atoms with Crippen molar-refractivity contribution in [2.75, 3.05) is 13.2 Å². The summed E-state index contributed by atoms with van der Waals surface area (Å²) in [7, 11) is 0. The molecule has 0 saturated heterocycles. The van der Waals surface area contributed by atoms with Gasteiger partial charge in [-0.15, -0.1) is 0 Å². The number of ether oxygens (including phenoxy) is 3. The molecule has 1 aliphatic rings. The molecule has 0 heterocycles. The van der Waals surface area contributed by atoms with Crippen molar-refractivity contribution in [2.45, 2.75) is 83.9 Å². The van der Waals surface area contributed by atoms with E-state index >= 15 is 0 Å². The predicted octanol–water partition coefficient (Wildman–Crippen LogP) is 7.54. The second kappa shape index (κ2) is 14.0. The molecular weight excluding hydrogens is 431 g/mol. The molecule has 0 spiro atoms. The zero-order chi connectivity index (χ0) is 24.2. The Hall–Kier alpha value is -2.56. The molecule has 5 heteroatoms. The number of rotatable bonds is 13. The number of alkyl halides is 1. The fourth-order valence-corrected chi connectivity index (χ4v) is 4.19. The summed E-state index contributed by atoms with van der Waals surface area (Å²) in [6.07, 6.45) is 5.80. The number of hydrogen-bond donors (Lipinski definition) is 0. The molecule has 3 rings (SSSR count). The lowest BCUT2D eigenvalue weighted by molar-refractivity contribution is -0.157. The molecule has 186 valence electrons. The van der Waals surface area contributed by atoms with Gasteiger partial charge in [0.25, 0.3) is 0 Å². The molecule has 2 aromatic rings. The molecule has 0 aliphatic heterocycles. The summed E-state index contributed by atoms with van der Waals surface area (Å²) in [5, 5.41) is 0. The smallest absolute Gasteiger partial charge is 0.340 e. The molecule has 0 N–H and O–H groups in total. The van der Waals surface area contributed by atoms with Crippen molar-refractivity contribution in [3.05, 3.63) is 48.5 Å². The standard InChI is InChI=1S/C29H39FO4/c1-3-5-7-28(30)29(31)34-27-14-8-22(9-15-27)21-33-26-18-12-24(13-19-26)23-10-16-25(17-11-23)32-20-6-4-2/h10-13,16-19,22,27-28H,3-9,14-15,20-21H2,1-2H3/t22-,27-,28-/m0/s1. The molecule has 0 unspecified atom stereocenters. The van der Waals surface area contributed by atoms with Crippen molar-refractivity contribution in [1.82, 2.24) is 0 Å². The highest BCUT2D eigenvalue weighted by atomic mass is 19.1. The first kappa shape index (κ1) is 26.1. The molecule has 0 radical (unpaired) electrons. The van der Waals surface area contributed by atoms with Crippen molar-refractivity contribution < 1.29 is 23.4 Å². The first-order chi connectivity index (χ1) is 16.6. The molecule has 1 fully saturated rings. The first-order valence-corrected chi connectivity index (χ1v) is 12.9. The van der Waals surface area contributed by atoms with Gasteiger partial charge in [-0.1, -0.05) is 57.4 Å². The Morgan fingerprint density at radius 1 is 0.853 bits per heavy atom. The van der Waals surface area contributed by atoms with Gasteiger partial charge < -0.3 is 14.2 Å². The summed E-state index contributed by atoms with van der Waals surface area (Å²) in [6.45, 7) is 5.54. The molecular formula is C29H39FO4. The van der Waals surface area contributed by atoms with Gasteiger partial charge in [-0.05, 0) is 79.8 Å². The van der Waals surface area contributed by atoms with E-state index < -0.39 is 12.1 Å². The number of carbonyl (C=O) groups is 1. The first-order valence-electron chi connectivity index (χ1n) is 12.9. The third-order valence-corrected chi connectivity index (χ3v) is 6.44. The molecule has 2 aromatic carbocycles. The Morgan fingerprint density at radius 3 is 1.97 bits per heavy atom. The van der Waals surface area contributed by atoms with Gasteiger partial charge in [-0.3, -0.25) is 0 Å². The molecule has 0 amide bonds. The van der Waals surface area contributed by atoms with Crippen LogP contribution in [0.5, 0.6) is 11.5 Å². The lowest BCUT2D eigenvalue weighted by atomic mass is 9.88. The summed E-state index contributed by atoms with van der Waals surface area (Å²) in [6, 6.07) is 16.4. The minimum atomic E-state index is -1.49. The van der Waals surface area contributed by atoms with Gasteiger partial charge in [-0.25, -0.2) is 9.18 Å². The summed E-state index contributed by atoms with van der Waals surface area (Å²) in [5.41, 5.74) is 2.28. The monoisotopic (exact) mass is 470 g/mol. The molecule has 0 bridgehead atoms. The van der Waals surface area contributed by atoms with Crippen molar-refractivity contribution >= 4 is 5.97 Å². The van der Waals surface area contributed by atoms with Crippen LogP contribution in [-0.2, 0) is 9.53 Å². The van der Waals surface area contributed by atoms with Crippen LogP contribution in [0.1, 0.15) is 71.6 Å². The highest BCUT2D eigenvalue weighted by Gasteiger charge is 2.27. The molecule has 1 atom stereocenters. The summed E-state index contributed by atoms with van der Waals surface area (Å²) < 4.78 is 31.0. The normalized spacial score (nSPS) is 18.8. The number of carbonyl (C=O) groups excluding carboxylic acids is 1. The molecule has 4 nitrogen and oxygen atoms in total. The van der Waals surface area contributed by atoms with E-state index in [0.29, 0.717) is 18.9 Å². The largest absolute Gasteiger partial charge is 0.494 e. The fourth-order valence-electron chi connectivity index (χ4n) is 4.19. The van der Waals surface area contributed by atoms with Crippen LogP contribution < -0.4 is 9.47 Å². The Kier molecular flexibility index (Phi) is 10.7. The summed E-state index contributed by atoms with van der Waals surface area (Å²) in [4.78, 5) is 11.9. The Bertz CT molecular complexity index is 841. The Balaban J connectivity index is 1.38. The Morgan fingerprint density at radius 2 is 1.41 bits per heavy atom. The van der Waals surface area contributed by atoms with Gasteiger partial charge in [0, 0.05) is 0 Å². The van der Waals surface area contributed by atoms with Crippen LogP contribution >= 0.6 is 0 Å². The maximum atomic E-state index is 13.8. The predicted molar refractivity (Wildman–Crippen MR) is 134 cm³/mol. The molecule has 0 aromatic heterocycles. The van der Waals surface area contributed by atoms with E-state index in [-0.39, 0.29) is 12.5 Å². The topological polar surface area (TPSA) is 44.8 Å². The number of benzene rings is 2. The van der Waals surface area contributed by atoms with Gasteiger partial charge in [0.15, 0.2) is 6.17 Å². The van der Waals surface area contributed by atoms with Crippen LogP contribution in [0.2, 0.25) is 0 Å². The zero-order valence-electron chi connectivity index (χ0n) is 20.6. The van der Waals surface area contributed by atoms with Crippen LogP contribution in [0.4, 0.5) is 4.39 Å². The van der Waals surface area contributed by atoms with E-state index in [2.05, 4.69) is 31.2 Å². The quantitative estimate of drug-likeness (QED) is 0.224. The van der Waals surface area contributed by atoms with E-state index in [0.717, 1.165) is 74.2 Å². The molecule has 34 heavy (non-hydrogen) atoms. The van der Waals surface area contributed by atoms with E-state index in [1.54, 1.807) is 0 Å². The zero-order valence-corrected chi connectivity index (χ0v) is 20.6. The lowest BCUT2D eigenvalue weighted by Gasteiger charge is -2.28. The van der Waals surface area contributed by atoms with Crippen molar-refractivity contribution in [3.8, 4) is 22.6 Å². The minimum absolute atomic E-state index is 0.161.